The van der Waals surface area contributed by atoms with E-state index < -0.39 is 6.10 Å². The highest BCUT2D eigenvalue weighted by atomic mass is 35.5. The molecule has 1 N–H and O–H groups in total. The Morgan fingerprint density at radius 2 is 1.91 bits per heavy atom. The number of aromatic nitrogens is 1. The highest BCUT2D eigenvalue weighted by Crippen LogP contribution is 2.17. The van der Waals surface area contributed by atoms with E-state index in [-0.39, 0.29) is 17.2 Å². The lowest BCUT2D eigenvalue weighted by molar-refractivity contribution is -0.122. The predicted molar refractivity (Wildman–Crippen MR) is 86.6 cm³/mol. The lowest BCUT2D eigenvalue weighted by atomic mass is 10.2. The standard InChI is InChI=1S/C16H17ClN2O3/c1-10-8-9-19(3)16(21)14(10)18-15(20)11(2)22-13-6-4-12(17)5-7-13/h4-9,11H,1-3H3,(H,18,20)/t11-/m0/s1. The first kappa shape index (κ1) is 16.1. The third-order valence-corrected chi connectivity index (χ3v) is 3.47. The van der Waals surface area contributed by atoms with Gasteiger partial charge in [0, 0.05) is 18.3 Å². The number of halogens is 1. The number of ether oxygens (including phenoxy) is 1. The second-order valence-corrected chi connectivity index (χ2v) is 5.43. The van der Waals surface area contributed by atoms with Crippen molar-refractivity contribution in [2.45, 2.75) is 20.0 Å². The first-order valence-corrected chi connectivity index (χ1v) is 7.15. The van der Waals surface area contributed by atoms with Crippen molar-refractivity contribution in [3.63, 3.8) is 0 Å². The summed E-state index contributed by atoms with van der Waals surface area (Å²) in [5.41, 5.74) is 0.712. The van der Waals surface area contributed by atoms with Crippen LogP contribution in [-0.2, 0) is 11.8 Å². The lowest BCUT2D eigenvalue weighted by Crippen LogP contribution is -2.33. The molecule has 5 nitrogen and oxygen atoms in total. The topological polar surface area (TPSA) is 60.3 Å². The number of anilines is 1. The van der Waals surface area contributed by atoms with Gasteiger partial charge in [-0.25, -0.2) is 0 Å². The number of aryl methyl sites for hydroxylation is 2. The molecule has 0 radical (unpaired) electrons. The Kier molecular flexibility index (Phi) is 4.88. The van der Waals surface area contributed by atoms with Crippen molar-refractivity contribution in [1.82, 2.24) is 4.57 Å². The number of pyridine rings is 1. The van der Waals surface area contributed by atoms with Crippen molar-refractivity contribution >= 4 is 23.2 Å². The molecule has 0 aliphatic carbocycles. The van der Waals surface area contributed by atoms with Crippen LogP contribution in [-0.4, -0.2) is 16.6 Å². The summed E-state index contributed by atoms with van der Waals surface area (Å²) in [4.78, 5) is 24.2. The van der Waals surface area contributed by atoms with Gasteiger partial charge in [-0.3, -0.25) is 9.59 Å². The number of benzene rings is 1. The van der Waals surface area contributed by atoms with Crippen LogP contribution in [0.25, 0.3) is 0 Å². The summed E-state index contributed by atoms with van der Waals surface area (Å²) in [6.45, 7) is 3.38. The maximum absolute atomic E-state index is 12.2. The number of hydrogen-bond acceptors (Lipinski definition) is 3. The van der Waals surface area contributed by atoms with Gasteiger partial charge in [-0.1, -0.05) is 11.6 Å². The minimum Gasteiger partial charge on any atom is -0.481 e. The van der Waals surface area contributed by atoms with Gasteiger partial charge in [0.15, 0.2) is 6.10 Å². The van der Waals surface area contributed by atoms with Crippen molar-refractivity contribution in [3.8, 4) is 5.75 Å². The molecular formula is C16H17ClN2O3. The maximum Gasteiger partial charge on any atom is 0.274 e. The number of nitrogens with zero attached hydrogens (tertiary/aromatic N) is 1. The number of carbonyl (C=O) groups excluding carboxylic acids is 1. The van der Waals surface area contributed by atoms with Gasteiger partial charge in [0.1, 0.15) is 11.4 Å². The molecule has 0 unspecified atom stereocenters. The van der Waals surface area contributed by atoms with Crippen LogP contribution in [0.15, 0.2) is 41.3 Å². The summed E-state index contributed by atoms with van der Waals surface area (Å²) < 4.78 is 6.94. The largest absolute Gasteiger partial charge is 0.481 e. The van der Waals surface area contributed by atoms with Crippen LogP contribution in [0.1, 0.15) is 12.5 Å². The molecule has 6 heteroatoms. The van der Waals surface area contributed by atoms with Crippen LogP contribution in [0, 0.1) is 6.92 Å². The second kappa shape index (κ2) is 6.66. The average molecular weight is 321 g/mol. The fourth-order valence-electron chi connectivity index (χ4n) is 1.87. The Hall–Kier alpha value is -2.27. The van der Waals surface area contributed by atoms with Gasteiger partial charge in [0.2, 0.25) is 0 Å². The second-order valence-electron chi connectivity index (χ2n) is 4.99. The first-order valence-electron chi connectivity index (χ1n) is 6.78. The molecule has 0 saturated carbocycles. The smallest absolute Gasteiger partial charge is 0.274 e. The molecule has 1 aromatic carbocycles. The van der Waals surface area contributed by atoms with Crippen molar-refractivity contribution in [3.05, 3.63) is 57.5 Å². The Morgan fingerprint density at radius 3 is 2.55 bits per heavy atom. The zero-order chi connectivity index (χ0) is 16.3. The highest BCUT2D eigenvalue weighted by molar-refractivity contribution is 6.30. The van der Waals surface area contributed by atoms with Gasteiger partial charge in [-0.05, 0) is 49.7 Å². The zero-order valence-electron chi connectivity index (χ0n) is 12.6. The van der Waals surface area contributed by atoms with E-state index >= 15 is 0 Å². The number of amides is 1. The molecule has 22 heavy (non-hydrogen) atoms. The Morgan fingerprint density at radius 1 is 1.27 bits per heavy atom. The normalized spacial score (nSPS) is 11.8. The molecule has 1 amide bonds. The van der Waals surface area contributed by atoms with Gasteiger partial charge < -0.3 is 14.6 Å². The van der Waals surface area contributed by atoms with Crippen LogP contribution >= 0.6 is 11.6 Å². The molecule has 2 aromatic rings. The van der Waals surface area contributed by atoms with E-state index in [0.29, 0.717) is 16.3 Å². The number of carbonyl (C=O) groups is 1. The van der Waals surface area contributed by atoms with E-state index in [4.69, 9.17) is 16.3 Å². The highest BCUT2D eigenvalue weighted by Gasteiger charge is 2.17. The summed E-state index contributed by atoms with van der Waals surface area (Å²) in [6.07, 6.45) is 0.909. The van der Waals surface area contributed by atoms with E-state index in [1.807, 2.05) is 0 Å². The van der Waals surface area contributed by atoms with Crippen LogP contribution in [0.4, 0.5) is 5.69 Å². The average Bonchev–Trinajstić information content (AvgIpc) is 2.49. The number of rotatable bonds is 4. The van der Waals surface area contributed by atoms with Crippen molar-refractivity contribution < 1.29 is 9.53 Å². The minimum absolute atomic E-state index is 0.257. The van der Waals surface area contributed by atoms with Gasteiger partial charge >= 0.3 is 0 Å². The zero-order valence-corrected chi connectivity index (χ0v) is 13.3. The maximum atomic E-state index is 12.2. The Bertz CT molecular complexity index is 738. The van der Waals surface area contributed by atoms with E-state index in [1.165, 1.54) is 4.57 Å². The minimum atomic E-state index is -0.745. The Balaban J connectivity index is 2.10. The van der Waals surface area contributed by atoms with Crippen molar-refractivity contribution in [2.75, 3.05) is 5.32 Å². The molecule has 1 atom stereocenters. The lowest BCUT2D eigenvalue weighted by Gasteiger charge is -2.15. The van der Waals surface area contributed by atoms with Crippen LogP contribution < -0.4 is 15.6 Å². The number of hydrogen-bond donors (Lipinski definition) is 1. The molecule has 0 spiro atoms. The summed E-state index contributed by atoms with van der Waals surface area (Å²) in [6, 6.07) is 8.48. The Labute approximate surface area is 133 Å². The summed E-state index contributed by atoms with van der Waals surface area (Å²) in [5.74, 6) is 0.145. The molecule has 1 heterocycles. The molecule has 1 aromatic heterocycles. The van der Waals surface area contributed by atoms with Gasteiger partial charge in [0.25, 0.3) is 11.5 Å². The van der Waals surface area contributed by atoms with Crippen molar-refractivity contribution in [2.24, 2.45) is 7.05 Å². The SMILES string of the molecule is Cc1ccn(C)c(=O)c1NC(=O)[C@H](C)Oc1ccc(Cl)cc1. The third-order valence-electron chi connectivity index (χ3n) is 3.22. The van der Waals surface area contributed by atoms with Gasteiger partial charge in [-0.2, -0.15) is 0 Å². The molecule has 0 bridgehead atoms. The summed E-state index contributed by atoms with van der Waals surface area (Å²) in [7, 11) is 1.63. The van der Waals surface area contributed by atoms with Crippen molar-refractivity contribution in [1.29, 1.82) is 0 Å². The van der Waals surface area contributed by atoms with Crippen LogP contribution in [0.3, 0.4) is 0 Å². The van der Waals surface area contributed by atoms with E-state index in [2.05, 4.69) is 5.32 Å². The van der Waals surface area contributed by atoms with E-state index in [1.54, 1.807) is 57.4 Å². The number of nitrogens with one attached hydrogen (secondary N) is 1. The fraction of sp³-hybridized carbons (Fsp3) is 0.250. The molecule has 2 rings (SSSR count). The fourth-order valence-corrected chi connectivity index (χ4v) is 1.99. The third kappa shape index (κ3) is 3.68. The molecule has 0 aliphatic rings. The van der Waals surface area contributed by atoms with E-state index in [0.717, 1.165) is 0 Å². The molecule has 116 valence electrons. The predicted octanol–water partition coefficient (Wildman–Crippen LogP) is 2.75. The molecule has 0 saturated heterocycles. The van der Waals surface area contributed by atoms with Gasteiger partial charge in [-0.15, -0.1) is 0 Å². The molecule has 0 fully saturated rings. The summed E-state index contributed by atoms with van der Waals surface area (Å²) >= 11 is 5.80. The molecular weight excluding hydrogens is 304 g/mol. The summed E-state index contributed by atoms with van der Waals surface area (Å²) in [5, 5.41) is 3.22. The van der Waals surface area contributed by atoms with Crippen LogP contribution in [0.5, 0.6) is 5.75 Å². The molecule has 0 aliphatic heterocycles. The quantitative estimate of drug-likeness (QED) is 0.942. The van der Waals surface area contributed by atoms with Gasteiger partial charge in [0.05, 0.1) is 0 Å². The van der Waals surface area contributed by atoms with Crippen LogP contribution in [0.2, 0.25) is 5.02 Å². The van der Waals surface area contributed by atoms with E-state index in [9.17, 15) is 9.59 Å². The first-order chi connectivity index (χ1) is 10.4. The monoisotopic (exact) mass is 320 g/mol.